The van der Waals surface area contributed by atoms with Crippen molar-refractivity contribution < 1.29 is 17.9 Å². The summed E-state index contributed by atoms with van der Waals surface area (Å²) >= 11 is 0. The Bertz CT molecular complexity index is 1030. The number of anilines is 1. The van der Waals surface area contributed by atoms with E-state index in [2.05, 4.69) is 9.71 Å². The zero-order chi connectivity index (χ0) is 18.7. The molecule has 0 fully saturated rings. The zero-order valence-corrected chi connectivity index (χ0v) is 15.7. The molecule has 0 aliphatic heterocycles. The van der Waals surface area contributed by atoms with Gasteiger partial charge in [0.25, 0.3) is 10.0 Å². The minimum Gasteiger partial charge on any atom is -0.493 e. The first-order valence-electron chi connectivity index (χ1n) is 8.19. The molecule has 8 heteroatoms. The molecule has 0 radical (unpaired) electrons. The molecule has 0 unspecified atom stereocenters. The van der Waals surface area contributed by atoms with Crippen molar-refractivity contribution in [3.05, 3.63) is 42.7 Å². The molecule has 26 heavy (non-hydrogen) atoms. The van der Waals surface area contributed by atoms with E-state index < -0.39 is 10.0 Å². The third kappa shape index (κ3) is 3.32. The van der Waals surface area contributed by atoms with Crippen molar-refractivity contribution in [2.24, 2.45) is 0 Å². The Labute approximate surface area is 152 Å². The number of nitrogens with zero attached hydrogens (tertiary/aromatic N) is 2. The number of hydrogen-bond donors (Lipinski definition) is 1. The lowest BCUT2D eigenvalue weighted by Gasteiger charge is -2.11. The van der Waals surface area contributed by atoms with E-state index >= 15 is 0 Å². The summed E-state index contributed by atoms with van der Waals surface area (Å²) in [6.07, 6.45) is 4.17. The topological polar surface area (TPSA) is 82.5 Å². The summed E-state index contributed by atoms with van der Waals surface area (Å²) in [5.41, 5.74) is 1.05. The van der Waals surface area contributed by atoms with Crippen molar-refractivity contribution in [3.63, 3.8) is 0 Å². The smallest absolute Gasteiger partial charge is 0.264 e. The lowest BCUT2D eigenvalue weighted by molar-refractivity contribution is 0.355. The first-order valence-corrected chi connectivity index (χ1v) is 9.67. The predicted molar refractivity (Wildman–Crippen MR) is 100 cm³/mol. The number of rotatable bonds is 7. The highest BCUT2D eigenvalue weighted by atomic mass is 32.2. The van der Waals surface area contributed by atoms with Crippen LogP contribution in [0.15, 0.2) is 47.6 Å². The van der Waals surface area contributed by atoms with Crippen LogP contribution in [0.25, 0.3) is 11.0 Å². The Hall–Kier alpha value is -2.74. The molecule has 2 aromatic heterocycles. The second-order valence-electron chi connectivity index (χ2n) is 5.74. The summed E-state index contributed by atoms with van der Waals surface area (Å²) < 4.78 is 40.8. The molecule has 138 valence electrons. The van der Waals surface area contributed by atoms with E-state index in [1.807, 2.05) is 11.5 Å². The molecule has 0 atom stereocenters. The third-order valence-electron chi connectivity index (χ3n) is 3.99. The van der Waals surface area contributed by atoms with Gasteiger partial charge >= 0.3 is 0 Å². The van der Waals surface area contributed by atoms with Gasteiger partial charge in [-0.25, -0.2) is 13.4 Å². The number of pyridine rings is 1. The van der Waals surface area contributed by atoms with Gasteiger partial charge in [-0.3, -0.25) is 4.72 Å². The Morgan fingerprint density at radius 3 is 2.62 bits per heavy atom. The van der Waals surface area contributed by atoms with Crippen LogP contribution in [-0.4, -0.2) is 32.2 Å². The maximum absolute atomic E-state index is 13.0. The summed E-state index contributed by atoms with van der Waals surface area (Å²) in [7, 11) is -0.764. The number of sulfonamides is 1. The van der Waals surface area contributed by atoms with Gasteiger partial charge in [0.05, 0.1) is 19.9 Å². The number of hydrogen-bond acceptors (Lipinski definition) is 5. The maximum atomic E-state index is 13.0. The minimum absolute atomic E-state index is 0.198. The summed E-state index contributed by atoms with van der Waals surface area (Å²) in [4.78, 5) is 4.52. The molecule has 0 aliphatic carbocycles. The highest BCUT2D eigenvalue weighted by Crippen LogP contribution is 2.32. The largest absolute Gasteiger partial charge is 0.493 e. The lowest BCUT2D eigenvalue weighted by atomic mass is 10.3. The second-order valence-corrected chi connectivity index (χ2v) is 7.39. The molecule has 0 bridgehead atoms. The predicted octanol–water partition coefficient (Wildman–Crippen LogP) is 3.26. The third-order valence-corrected chi connectivity index (χ3v) is 5.40. The average molecular weight is 375 g/mol. The molecule has 2 heterocycles. The van der Waals surface area contributed by atoms with Crippen molar-refractivity contribution in [2.75, 3.05) is 18.9 Å². The molecule has 1 aromatic carbocycles. The highest BCUT2D eigenvalue weighted by molar-refractivity contribution is 7.93. The minimum atomic E-state index is -3.79. The number of ether oxygens (including phenoxy) is 2. The summed E-state index contributed by atoms with van der Waals surface area (Å²) in [6.45, 7) is 2.73. The van der Waals surface area contributed by atoms with Crippen LogP contribution in [0, 0.1) is 0 Å². The normalized spacial score (nSPS) is 11.5. The molecular formula is C18H21N3O4S. The highest BCUT2D eigenvalue weighted by Gasteiger charge is 2.22. The average Bonchev–Trinajstić information content (AvgIpc) is 3.01. The van der Waals surface area contributed by atoms with E-state index in [0.29, 0.717) is 34.8 Å². The van der Waals surface area contributed by atoms with Crippen LogP contribution in [0.2, 0.25) is 0 Å². The Balaban J connectivity index is 2.02. The van der Waals surface area contributed by atoms with Crippen molar-refractivity contribution in [1.82, 2.24) is 9.55 Å². The van der Waals surface area contributed by atoms with Crippen LogP contribution in [0.1, 0.15) is 13.3 Å². The fraction of sp³-hybridized carbons (Fsp3) is 0.278. The molecule has 1 N–H and O–H groups in total. The molecule has 0 aliphatic rings. The molecular weight excluding hydrogens is 354 g/mol. The van der Waals surface area contributed by atoms with E-state index in [4.69, 9.17) is 9.47 Å². The number of nitrogens with one attached hydrogen (secondary N) is 1. The molecule has 7 nitrogen and oxygen atoms in total. The summed E-state index contributed by atoms with van der Waals surface area (Å²) in [6, 6.07) is 8.35. The van der Waals surface area contributed by atoms with Gasteiger partial charge in [-0.2, -0.15) is 0 Å². The molecule has 0 saturated carbocycles. The van der Waals surface area contributed by atoms with Crippen LogP contribution < -0.4 is 14.2 Å². The van der Waals surface area contributed by atoms with Crippen molar-refractivity contribution in [2.45, 2.75) is 24.8 Å². The van der Waals surface area contributed by atoms with Gasteiger partial charge in [-0.1, -0.05) is 6.92 Å². The first-order chi connectivity index (χ1) is 12.5. The van der Waals surface area contributed by atoms with E-state index in [1.165, 1.54) is 14.2 Å². The molecule has 0 amide bonds. The first kappa shape index (κ1) is 18.1. The molecule has 0 spiro atoms. The quantitative estimate of drug-likeness (QED) is 0.685. The Morgan fingerprint density at radius 2 is 1.92 bits per heavy atom. The van der Waals surface area contributed by atoms with Gasteiger partial charge in [-0.15, -0.1) is 0 Å². The van der Waals surface area contributed by atoms with E-state index in [9.17, 15) is 8.42 Å². The van der Waals surface area contributed by atoms with Gasteiger partial charge in [0.2, 0.25) is 0 Å². The van der Waals surface area contributed by atoms with Gasteiger partial charge in [0, 0.05) is 30.4 Å². The second kappa shape index (κ2) is 7.25. The summed E-state index contributed by atoms with van der Waals surface area (Å²) in [5.74, 6) is 0.974. The van der Waals surface area contributed by atoms with Gasteiger partial charge < -0.3 is 14.0 Å². The van der Waals surface area contributed by atoms with Crippen LogP contribution >= 0.6 is 0 Å². The fourth-order valence-electron chi connectivity index (χ4n) is 2.83. The number of methoxy groups -OCH3 is 2. The number of fused-ring (bicyclic) bond motifs is 1. The van der Waals surface area contributed by atoms with Crippen LogP contribution in [0.4, 0.5) is 5.69 Å². The zero-order valence-electron chi connectivity index (χ0n) is 14.9. The van der Waals surface area contributed by atoms with Crippen LogP contribution in [0.5, 0.6) is 11.5 Å². The monoisotopic (exact) mass is 375 g/mol. The summed E-state index contributed by atoms with van der Waals surface area (Å²) in [5, 5.41) is 0.592. The van der Waals surface area contributed by atoms with Crippen molar-refractivity contribution >= 4 is 26.7 Å². The van der Waals surface area contributed by atoms with E-state index in [0.717, 1.165) is 6.42 Å². The van der Waals surface area contributed by atoms with Gasteiger partial charge in [0.1, 0.15) is 10.5 Å². The number of aromatic nitrogens is 2. The molecule has 3 aromatic rings. The van der Waals surface area contributed by atoms with Gasteiger partial charge in [-0.05, 0) is 30.7 Å². The standard InChI is InChI=1S/C18H21N3O4S/c1-4-10-21-12-17(14-6-5-9-19-18(14)21)26(22,23)20-13-7-8-15(24-2)16(11-13)25-3/h5-9,11-12,20H,4,10H2,1-3H3. The van der Waals surface area contributed by atoms with E-state index in [1.54, 1.807) is 42.7 Å². The van der Waals surface area contributed by atoms with Crippen LogP contribution in [0.3, 0.4) is 0 Å². The van der Waals surface area contributed by atoms with Crippen molar-refractivity contribution in [1.29, 1.82) is 0 Å². The van der Waals surface area contributed by atoms with Crippen LogP contribution in [-0.2, 0) is 16.6 Å². The van der Waals surface area contributed by atoms with Crippen molar-refractivity contribution in [3.8, 4) is 11.5 Å². The Kier molecular flexibility index (Phi) is 5.03. The number of benzene rings is 1. The van der Waals surface area contributed by atoms with Gasteiger partial charge in [0.15, 0.2) is 11.5 Å². The Morgan fingerprint density at radius 1 is 1.15 bits per heavy atom. The van der Waals surface area contributed by atoms with E-state index in [-0.39, 0.29) is 4.90 Å². The fourth-order valence-corrected chi connectivity index (χ4v) is 4.09. The molecule has 0 saturated heterocycles. The molecule has 3 rings (SSSR count). The lowest BCUT2D eigenvalue weighted by Crippen LogP contribution is -2.12. The number of aryl methyl sites for hydroxylation is 1. The maximum Gasteiger partial charge on any atom is 0.264 e. The SMILES string of the molecule is CCCn1cc(S(=O)(=O)Nc2ccc(OC)c(OC)c2)c2cccnc21.